The highest BCUT2D eigenvalue weighted by molar-refractivity contribution is 7.80. The summed E-state index contributed by atoms with van der Waals surface area (Å²) in [7, 11) is 1.61. The summed E-state index contributed by atoms with van der Waals surface area (Å²) in [6.07, 6.45) is 0. The predicted octanol–water partition coefficient (Wildman–Crippen LogP) is 5.25. The van der Waals surface area contributed by atoms with Gasteiger partial charge in [-0.3, -0.25) is 10.1 Å². The molecule has 156 valence electrons. The van der Waals surface area contributed by atoms with Crippen LogP contribution in [0, 0.1) is 13.8 Å². The number of oxazole rings is 1. The minimum atomic E-state index is -0.251. The molecule has 1 amide bonds. The van der Waals surface area contributed by atoms with Crippen LogP contribution in [0.5, 0.6) is 5.75 Å². The molecule has 0 spiro atoms. The first-order chi connectivity index (χ1) is 14.9. The van der Waals surface area contributed by atoms with Gasteiger partial charge in [-0.05, 0) is 85.7 Å². The summed E-state index contributed by atoms with van der Waals surface area (Å²) in [5.74, 6) is 0.989. The molecule has 0 atom stereocenters. The fourth-order valence-electron chi connectivity index (χ4n) is 3.07. The van der Waals surface area contributed by atoms with E-state index >= 15 is 0 Å². The molecular weight excluding hydrogens is 410 g/mol. The number of carbonyl (C=O) groups is 1. The minimum absolute atomic E-state index is 0.227. The Morgan fingerprint density at radius 2 is 1.77 bits per heavy atom. The molecule has 0 saturated heterocycles. The number of amides is 1. The second-order valence-corrected chi connectivity index (χ2v) is 7.55. The minimum Gasteiger partial charge on any atom is -0.497 e. The average molecular weight is 432 g/mol. The van der Waals surface area contributed by atoms with Gasteiger partial charge in [0.05, 0.1) is 7.11 Å². The van der Waals surface area contributed by atoms with E-state index in [-0.39, 0.29) is 11.0 Å². The van der Waals surface area contributed by atoms with E-state index < -0.39 is 0 Å². The maximum absolute atomic E-state index is 12.4. The number of aryl methyl sites for hydroxylation is 2. The number of nitrogens with one attached hydrogen (secondary N) is 2. The molecular formula is C24H21N3O3S. The number of aromatic nitrogens is 1. The maximum atomic E-state index is 12.4. The quantitative estimate of drug-likeness (QED) is 0.430. The zero-order valence-electron chi connectivity index (χ0n) is 17.4. The first kappa shape index (κ1) is 20.6. The van der Waals surface area contributed by atoms with Crippen molar-refractivity contribution in [1.82, 2.24) is 10.3 Å². The molecule has 1 aromatic heterocycles. The standard InChI is InChI=1S/C24H21N3O3S/c1-14-4-5-17(12-15(14)2)22(28)27-24(31)25-18-8-6-16(7-9-18)23-26-20-13-19(29-3)10-11-21(20)30-23/h4-13H,1-3H3,(H2,25,27,28,31). The summed E-state index contributed by atoms with van der Waals surface area (Å²) < 4.78 is 11.0. The molecule has 0 saturated carbocycles. The van der Waals surface area contributed by atoms with Crippen LogP contribution in [-0.4, -0.2) is 23.1 Å². The number of ether oxygens (including phenoxy) is 1. The van der Waals surface area contributed by atoms with Crippen molar-refractivity contribution < 1.29 is 13.9 Å². The third-order valence-electron chi connectivity index (χ3n) is 4.98. The van der Waals surface area contributed by atoms with Crippen LogP contribution in [0.15, 0.2) is 65.1 Å². The van der Waals surface area contributed by atoms with Crippen molar-refractivity contribution in [1.29, 1.82) is 0 Å². The van der Waals surface area contributed by atoms with Crippen molar-refractivity contribution in [3.8, 4) is 17.2 Å². The summed E-state index contributed by atoms with van der Waals surface area (Å²) in [6.45, 7) is 3.97. The first-order valence-electron chi connectivity index (χ1n) is 9.67. The van der Waals surface area contributed by atoms with E-state index in [2.05, 4.69) is 15.6 Å². The first-order valence-corrected chi connectivity index (χ1v) is 10.1. The number of hydrogen-bond acceptors (Lipinski definition) is 5. The highest BCUT2D eigenvalue weighted by atomic mass is 32.1. The Kier molecular flexibility index (Phi) is 5.68. The van der Waals surface area contributed by atoms with Crippen molar-refractivity contribution >= 4 is 40.0 Å². The van der Waals surface area contributed by atoms with Crippen LogP contribution in [0.25, 0.3) is 22.6 Å². The summed E-state index contributed by atoms with van der Waals surface area (Å²) in [4.78, 5) is 16.9. The van der Waals surface area contributed by atoms with Crippen LogP contribution < -0.4 is 15.4 Å². The van der Waals surface area contributed by atoms with E-state index in [0.29, 0.717) is 17.0 Å². The van der Waals surface area contributed by atoms with Gasteiger partial charge in [-0.25, -0.2) is 4.98 Å². The number of thiocarbonyl (C=S) groups is 1. The van der Waals surface area contributed by atoms with Crippen LogP contribution in [-0.2, 0) is 0 Å². The SMILES string of the molecule is COc1ccc2oc(-c3ccc(NC(=S)NC(=O)c4ccc(C)c(C)c4)cc3)nc2c1. The number of carbonyl (C=O) groups excluding carboxylic acids is 1. The number of nitrogens with zero attached hydrogens (tertiary/aromatic N) is 1. The highest BCUT2D eigenvalue weighted by Gasteiger charge is 2.11. The Hall–Kier alpha value is -3.71. The van der Waals surface area contributed by atoms with Crippen molar-refractivity contribution in [2.24, 2.45) is 0 Å². The largest absolute Gasteiger partial charge is 0.497 e. The van der Waals surface area contributed by atoms with E-state index in [9.17, 15) is 4.79 Å². The van der Waals surface area contributed by atoms with Crippen molar-refractivity contribution in [3.63, 3.8) is 0 Å². The summed E-state index contributed by atoms with van der Waals surface area (Å²) in [6, 6.07) is 18.5. The molecule has 3 aromatic carbocycles. The lowest BCUT2D eigenvalue weighted by Gasteiger charge is -2.10. The zero-order chi connectivity index (χ0) is 22.0. The summed E-state index contributed by atoms with van der Waals surface area (Å²) in [5.41, 5.74) is 5.74. The van der Waals surface area contributed by atoms with Crippen LogP contribution in [0.3, 0.4) is 0 Å². The van der Waals surface area contributed by atoms with Gasteiger partial charge in [0.25, 0.3) is 5.91 Å². The van der Waals surface area contributed by atoms with Gasteiger partial charge >= 0.3 is 0 Å². The topological polar surface area (TPSA) is 76.4 Å². The van der Waals surface area contributed by atoms with Gasteiger partial charge in [0.2, 0.25) is 5.89 Å². The normalized spacial score (nSPS) is 10.7. The Bertz CT molecular complexity index is 1280. The molecule has 0 bridgehead atoms. The highest BCUT2D eigenvalue weighted by Crippen LogP contribution is 2.27. The summed E-state index contributed by atoms with van der Waals surface area (Å²) in [5, 5.41) is 5.95. The third kappa shape index (κ3) is 4.57. The Labute approximate surface area is 185 Å². The third-order valence-corrected chi connectivity index (χ3v) is 5.18. The Morgan fingerprint density at radius 1 is 1.00 bits per heavy atom. The van der Waals surface area contributed by atoms with Gasteiger partial charge in [-0.1, -0.05) is 6.07 Å². The fourth-order valence-corrected chi connectivity index (χ4v) is 3.28. The monoisotopic (exact) mass is 431 g/mol. The molecule has 31 heavy (non-hydrogen) atoms. The van der Waals surface area contributed by atoms with Gasteiger partial charge in [0.1, 0.15) is 11.3 Å². The van der Waals surface area contributed by atoms with Gasteiger partial charge < -0.3 is 14.5 Å². The van der Waals surface area contributed by atoms with Crippen LogP contribution in [0.2, 0.25) is 0 Å². The number of methoxy groups -OCH3 is 1. The number of hydrogen-bond donors (Lipinski definition) is 2. The lowest BCUT2D eigenvalue weighted by molar-refractivity contribution is 0.0977. The molecule has 4 aromatic rings. The predicted molar refractivity (Wildman–Crippen MR) is 126 cm³/mol. The van der Waals surface area contributed by atoms with Gasteiger partial charge in [0.15, 0.2) is 10.7 Å². The zero-order valence-corrected chi connectivity index (χ0v) is 18.2. The van der Waals surface area contributed by atoms with E-state index in [1.807, 2.05) is 68.4 Å². The second kappa shape index (κ2) is 8.57. The molecule has 4 rings (SSSR count). The molecule has 1 heterocycles. The lowest BCUT2D eigenvalue weighted by atomic mass is 10.1. The van der Waals surface area contributed by atoms with Gasteiger partial charge in [0, 0.05) is 22.9 Å². The fraction of sp³-hybridized carbons (Fsp3) is 0.125. The van der Waals surface area contributed by atoms with E-state index in [4.69, 9.17) is 21.4 Å². The van der Waals surface area contributed by atoms with Crippen LogP contribution in [0.1, 0.15) is 21.5 Å². The maximum Gasteiger partial charge on any atom is 0.257 e. The van der Waals surface area contributed by atoms with Gasteiger partial charge in [-0.15, -0.1) is 0 Å². The van der Waals surface area contributed by atoms with Crippen molar-refractivity contribution in [2.45, 2.75) is 13.8 Å². The summed E-state index contributed by atoms with van der Waals surface area (Å²) >= 11 is 5.28. The van der Waals surface area contributed by atoms with Crippen LogP contribution >= 0.6 is 12.2 Å². The molecule has 6 nitrogen and oxygen atoms in total. The second-order valence-electron chi connectivity index (χ2n) is 7.14. The van der Waals surface area contributed by atoms with E-state index in [1.54, 1.807) is 13.2 Å². The molecule has 0 aliphatic rings. The average Bonchev–Trinajstić information content (AvgIpc) is 3.19. The van der Waals surface area contributed by atoms with E-state index in [1.165, 1.54) is 0 Å². The number of benzene rings is 3. The molecule has 7 heteroatoms. The molecule has 2 N–H and O–H groups in total. The van der Waals surface area contributed by atoms with Crippen LogP contribution in [0.4, 0.5) is 5.69 Å². The number of fused-ring (bicyclic) bond motifs is 1. The molecule has 0 aliphatic carbocycles. The van der Waals surface area contributed by atoms with Gasteiger partial charge in [-0.2, -0.15) is 0 Å². The van der Waals surface area contributed by atoms with E-state index in [0.717, 1.165) is 33.6 Å². The molecule has 0 radical (unpaired) electrons. The smallest absolute Gasteiger partial charge is 0.257 e. The molecule has 0 aliphatic heterocycles. The van der Waals surface area contributed by atoms with Crippen molar-refractivity contribution in [3.05, 3.63) is 77.4 Å². The number of rotatable bonds is 4. The Balaban J connectivity index is 1.42. The molecule has 0 fully saturated rings. The molecule has 0 unspecified atom stereocenters. The number of anilines is 1. The lowest BCUT2D eigenvalue weighted by Crippen LogP contribution is -2.34. The Morgan fingerprint density at radius 3 is 2.48 bits per heavy atom. The van der Waals surface area contributed by atoms with Crippen molar-refractivity contribution in [2.75, 3.05) is 12.4 Å².